The largest absolute Gasteiger partial charge is 0.467 e. The van der Waals surface area contributed by atoms with Crippen molar-refractivity contribution < 1.29 is 9.53 Å². The van der Waals surface area contributed by atoms with Gasteiger partial charge in [-0.2, -0.15) is 15.0 Å². The molecule has 0 fully saturated rings. The Hall–Kier alpha value is -4.46. The SMILES string of the molecule is COc1nc(NC(=O)Nc2ccccc2)nc(Nc2ccccc2-c2ccccc2)n1. The molecule has 0 aliphatic carbocycles. The minimum Gasteiger partial charge on any atom is -0.467 e. The maximum Gasteiger partial charge on any atom is 0.326 e. The van der Waals surface area contributed by atoms with Crippen LogP contribution in [-0.4, -0.2) is 28.1 Å². The molecule has 0 saturated heterocycles. The highest BCUT2D eigenvalue weighted by molar-refractivity contribution is 5.98. The van der Waals surface area contributed by atoms with Gasteiger partial charge < -0.3 is 15.4 Å². The van der Waals surface area contributed by atoms with Crippen molar-refractivity contribution in [1.29, 1.82) is 0 Å². The Bertz CT molecular complexity index is 1170. The monoisotopic (exact) mass is 412 g/mol. The highest BCUT2D eigenvalue weighted by Crippen LogP contribution is 2.29. The molecular formula is C23H20N6O2. The number of methoxy groups -OCH3 is 1. The zero-order valence-corrected chi connectivity index (χ0v) is 16.7. The molecule has 0 saturated carbocycles. The summed E-state index contributed by atoms with van der Waals surface area (Å²) in [5.41, 5.74) is 3.49. The second-order valence-corrected chi connectivity index (χ2v) is 6.45. The van der Waals surface area contributed by atoms with Gasteiger partial charge in [-0.3, -0.25) is 5.32 Å². The van der Waals surface area contributed by atoms with Crippen LogP contribution in [0.3, 0.4) is 0 Å². The van der Waals surface area contributed by atoms with Crippen LogP contribution in [0.2, 0.25) is 0 Å². The summed E-state index contributed by atoms with van der Waals surface area (Å²) in [4.78, 5) is 25.0. The number of carbonyl (C=O) groups excluding carboxylic acids is 1. The summed E-state index contributed by atoms with van der Waals surface area (Å²) >= 11 is 0. The zero-order valence-electron chi connectivity index (χ0n) is 16.7. The number of amides is 2. The van der Waals surface area contributed by atoms with E-state index in [-0.39, 0.29) is 17.9 Å². The third kappa shape index (κ3) is 5.13. The maximum absolute atomic E-state index is 12.3. The molecule has 154 valence electrons. The van der Waals surface area contributed by atoms with Crippen molar-refractivity contribution in [1.82, 2.24) is 15.0 Å². The average Bonchev–Trinajstić information content (AvgIpc) is 2.80. The average molecular weight is 412 g/mol. The molecule has 0 aliphatic heterocycles. The van der Waals surface area contributed by atoms with Crippen LogP contribution >= 0.6 is 0 Å². The molecule has 0 aliphatic rings. The number of anilines is 4. The van der Waals surface area contributed by atoms with Gasteiger partial charge in [-0.15, -0.1) is 0 Å². The molecule has 8 heteroatoms. The van der Waals surface area contributed by atoms with Crippen molar-refractivity contribution in [2.24, 2.45) is 0 Å². The molecule has 0 bridgehead atoms. The zero-order chi connectivity index (χ0) is 21.5. The highest BCUT2D eigenvalue weighted by Gasteiger charge is 2.12. The Kier molecular flexibility index (Phi) is 5.99. The van der Waals surface area contributed by atoms with Crippen LogP contribution in [0.4, 0.5) is 28.1 Å². The number of hydrogen-bond donors (Lipinski definition) is 3. The number of para-hydroxylation sites is 2. The Morgan fingerprint density at radius 3 is 2.13 bits per heavy atom. The fourth-order valence-corrected chi connectivity index (χ4v) is 2.93. The van der Waals surface area contributed by atoms with Gasteiger partial charge in [0.1, 0.15) is 0 Å². The van der Waals surface area contributed by atoms with E-state index in [1.165, 1.54) is 7.11 Å². The summed E-state index contributed by atoms with van der Waals surface area (Å²) < 4.78 is 5.17. The quantitative estimate of drug-likeness (QED) is 0.415. The second-order valence-electron chi connectivity index (χ2n) is 6.45. The minimum atomic E-state index is -0.477. The lowest BCUT2D eigenvalue weighted by Crippen LogP contribution is -2.21. The van der Waals surface area contributed by atoms with E-state index in [1.54, 1.807) is 12.1 Å². The molecule has 3 aromatic carbocycles. The molecule has 0 unspecified atom stereocenters. The lowest BCUT2D eigenvalue weighted by atomic mass is 10.0. The van der Waals surface area contributed by atoms with Gasteiger partial charge in [-0.05, 0) is 23.8 Å². The first-order valence-corrected chi connectivity index (χ1v) is 9.56. The van der Waals surface area contributed by atoms with Gasteiger partial charge in [0.15, 0.2) is 0 Å². The molecule has 31 heavy (non-hydrogen) atoms. The van der Waals surface area contributed by atoms with Crippen LogP contribution in [0, 0.1) is 0 Å². The maximum atomic E-state index is 12.3. The van der Waals surface area contributed by atoms with Gasteiger partial charge in [0.05, 0.1) is 7.11 Å². The van der Waals surface area contributed by atoms with Crippen molar-refractivity contribution in [2.75, 3.05) is 23.1 Å². The normalized spacial score (nSPS) is 10.2. The van der Waals surface area contributed by atoms with E-state index in [2.05, 4.69) is 30.9 Å². The lowest BCUT2D eigenvalue weighted by Gasteiger charge is -2.13. The van der Waals surface area contributed by atoms with E-state index >= 15 is 0 Å². The van der Waals surface area contributed by atoms with Crippen LogP contribution in [0.1, 0.15) is 0 Å². The van der Waals surface area contributed by atoms with Gasteiger partial charge >= 0.3 is 12.0 Å². The number of hydrogen-bond acceptors (Lipinski definition) is 6. The summed E-state index contributed by atoms with van der Waals surface area (Å²) in [7, 11) is 1.45. The molecule has 4 aromatic rings. The summed E-state index contributed by atoms with van der Waals surface area (Å²) in [5, 5.41) is 8.52. The third-order valence-corrected chi connectivity index (χ3v) is 4.31. The summed E-state index contributed by atoms with van der Waals surface area (Å²) in [6.45, 7) is 0. The summed E-state index contributed by atoms with van der Waals surface area (Å²) in [6, 6.07) is 26.4. The first-order valence-electron chi connectivity index (χ1n) is 9.56. The minimum absolute atomic E-state index is 0.0555. The standard InChI is InChI=1S/C23H20N6O2/c1-31-23-28-20(25-19-15-9-8-14-18(19)16-10-4-2-5-11-16)26-21(29-23)27-22(30)24-17-12-6-3-7-13-17/h2-15H,1H3,(H3,24,25,26,27,28,29,30). The molecule has 0 spiro atoms. The first-order chi connectivity index (χ1) is 15.2. The van der Waals surface area contributed by atoms with Crippen molar-refractivity contribution in [3.8, 4) is 17.1 Å². The highest BCUT2D eigenvalue weighted by atomic mass is 16.5. The third-order valence-electron chi connectivity index (χ3n) is 4.31. The molecule has 1 heterocycles. The van der Waals surface area contributed by atoms with Gasteiger partial charge in [-0.25, -0.2) is 4.79 Å². The molecule has 0 radical (unpaired) electrons. The number of aromatic nitrogens is 3. The van der Waals surface area contributed by atoms with E-state index < -0.39 is 6.03 Å². The topological polar surface area (TPSA) is 101 Å². The fraction of sp³-hybridized carbons (Fsp3) is 0.0435. The molecule has 2 amide bonds. The number of benzene rings is 3. The van der Waals surface area contributed by atoms with E-state index in [0.29, 0.717) is 5.69 Å². The Morgan fingerprint density at radius 2 is 1.39 bits per heavy atom. The van der Waals surface area contributed by atoms with Gasteiger partial charge in [0.2, 0.25) is 11.9 Å². The Labute approximate surface area is 179 Å². The van der Waals surface area contributed by atoms with Crippen LogP contribution in [-0.2, 0) is 0 Å². The van der Waals surface area contributed by atoms with E-state index in [9.17, 15) is 4.79 Å². The lowest BCUT2D eigenvalue weighted by molar-refractivity contribution is 0.262. The van der Waals surface area contributed by atoms with E-state index in [1.807, 2.05) is 72.8 Å². The molecule has 4 rings (SSSR count). The number of urea groups is 1. The Morgan fingerprint density at radius 1 is 0.742 bits per heavy atom. The van der Waals surface area contributed by atoms with Crippen molar-refractivity contribution in [2.45, 2.75) is 0 Å². The van der Waals surface area contributed by atoms with Crippen molar-refractivity contribution in [3.63, 3.8) is 0 Å². The molecule has 0 atom stereocenters. The molecule has 8 nitrogen and oxygen atoms in total. The molecule has 3 N–H and O–H groups in total. The van der Waals surface area contributed by atoms with E-state index in [0.717, 1.165) is 16.8 Å². The smallest absolute Gasteiger partial charge is 0.326 e. The number of ether oxygens (including phenoxy) is 1. The van der Waals surface area contributed by atoms with Crippen molar-refractivity contribution >= 4 is 29.3 Å². The number of rotatable bonds is 6. The van der Waals surface area contributed by atoms with Crippen LogP contribution in [0.15, 0.2) is 84.9 Å². The second kappa shape index (κ2) is 9.36. The predicted octanol–water partition coefficient (Wildman–Crippen LogP) is 4.93. The summed E-state index contributed by atoms with van der Waals surface area (Å²) in [5.74, 6) is 0.296. The van der Waals surface area contributed by atoms with Crippen LogP contribution < -0.4 is 20.7 Å². The number of carbonyl (C=O) groups is 1. The van der Waals surface area contributed by atoms with Gasteiger partial charge in [0, 0.05) is 16.9 Å². The summed E-state index contributed by atoms with van der Waals surface area (Å²) in [6.07, 6.45) is 0. The van der Waals surface area contributed by atoms with Crippen molar-refractivity contribution in [3.05, 3.63) is 84.9 Å². The molecular weight excluding hydrogens is 392 g/mol. The van der Waals surface area contributed by atoms with E-state index in [4.69, 9.17) is 4.74 Å². The molecule has 1 aromatic heterocycles. The van der Waals surface area contributed by atoms with Crippen LogP contribution in [0.25, 0.3) is 11.1 Å². The first kappa shape index (κ1) is 19.8. The van der Waals surface area contributed by atoms with Gasteiger partial charge in [0.25, 0.3) is 0 Å². The number of nitrogens with zero attached hydrogens (tertiary/aromatic N) is 3. The number of nitrogens with one attached hydrogen (secondary N) is 3. The predicted molar refractivity (Wildman–Crippen MR) is 121 cm³/mol. The van der Waals surface area contributed by atoms with Gasteiger partial charge in [-0.1, -0.05) is 66.7 Å². The van der Waals surface area contributed by atoms with Crippen LogP contribution in [0.5, 0.6) is 6.01 Å². The fourth-order valence-electron chi connectivity index (χ4n) is 2.93. The Balaban J connectivity index is 1.57.